The van der Waals surface area contributed by atoms with Gasteiger partial charge in [-0.15, -0.1) is 0 Å². The molecule has 0 spiro atoms. The number of carbonyl (C=O) groups excluding carboxylic acids is 1. The first-order valence-corrected chi connectivity index (χ1v) is 14.5. The van der Waals surface area contributed by atoms with Gasteiger partial charge in [0.1, 0.15) is 23.5 Å². The number of anilines is 2. The zero-order chi connectivity index (χ0) is 29.8. The largest absolute Gasteiger partial charge is 0.496 e. The van der Waals surface area contributed by atoms with Gasteiger partial charge in [0.2, 0.25) is 0 Å². The number of benzene rings is 2. The molecule has 4 rings (SSSR count). The Morgan fingerprint density at radius 3 is 2.49 bits per heavy atom. The number of rotatable bonds is 10. The summed E-state index contributed by atoms with van der Waals surface area (Å²) in [5.74, 6) is 0.947. The summed E-state index contributed by atoms with van der Waals surface area (Å²) in [6.07, 6.45) is 3.40. The summed E-state index contributed by atoms with van der Waals surface area (Å²) in [4.78, 5) is 22.8. The van der Waals surface area contributed by atoms with E-state index in [2.05, 4.69) is 15.3 Å². The van der Waals surface area contributed by atoms with Crippen molar-refractivity contribution < 1.29 is 27.8 Å². The minimum atomic E-state index is -3.96. The maximum absolute atomic E-state index is 13.7. The number of methoxy groups -OCH3 is 1. The van der Waals surface area contributed by atoms with Crippen molar-refractivity contribution in [3.8, 4) is 5.75 Å². The maximum atomic E-state index is 13.7. The number of hydrogen-bond acceptors (Lipinski definition) is 9. The molecule has 218 valence electrons. The molecule has 0 aliphatic heterocycles. The van der Waals surface area contributed by atoms with E-state index in [1.165, 1.54) is 34.4 Å². The highest BCUT2D eigenvalue weighted by molar-refractivity contribution is 7.90. The second-order valence-electron chi connectivity index (χ2n) is 10.5. The van der Waals surface area contributed by atoms with E-state index >= 15 is 0 Å². The van der Waals surface area contributed by atoms with Crippen molar-refractivity contribution in [1.82, 2.24) is 18.8 Å². The molecule has 0 saturated heterocycles. The summed E-state index contributed by atoms with van der Waals surface area (Å²) < 4.78 is 39.2. The molecule has 11 nitrogen and oxygen atoms in total. The third-order valence-corrected chi connectivity index (χ3v) is 7.95. The van der Waals surface area contributed by atoms with Crippen molar-refractivity contribution in [3.63, 3.8) is 0 Å². The quantitative estimate of drug-likeness (QED) is 0.273. The van der Waals surface area contributed by atoms with Crippen LogP contribution in [0.25, 0.3) is 11.0 Å². The van der Waals surface area contributed by atoms with E-state index < -0.39 is 21.7 Å². The van der Waals surface area contributed by atoms with Crippen LogP contribution in [0.3, 0.4) is 0 Å². The highest BCUT2D eigenvalue weighted by atomic mass is 32.2. The Labute approximate surface area is 239 Å². The molecule has 0 fully saturated rings. The predicted molar refractivity (Wildman–Crippen MR) is 156 cm³/mol. The van der Waals surface area contributed by atoms with Crippen molar-refractivity contribution in [2.45, 2.75) is 50.7 Å². The summed E-state index contributed by atoms with van der Waals surface area (Å²) in [6, 6.07) is 13.4. The van der Waals surface area contributed by atoms with Gasteiger partial charge < -0.3 is 24.8 Å². The van der Waals surface area contributed by atoms with Gasteiger partial charge in [0, 0.05) is 31.0 Å². The SMILES string of the molecule is COc1ccc(Nc2ncnc3c2c(CCCN(C)C(=O)OC(C)(C)C)cn3S(=O)(=O)c2ccccc2)cc1CO. The molecule has 0 radical (unpaired) electrons. The van der Waals surface area contributed by atoms with Crippen LogP contribution in [0.2, 0.25) is 0 Å². The molecular formula is C29H35N5O6S. The molecule has 0 aliphatic rings. The van der Waals surface area contributed by atoms with Crippen LogP contribution in [-0.4, -0.2) is 64.8 Å². The number of hydrogen-bond donors (Lipinski definition) is 2. The summed E-state index contributed by atoms with van der Waals surface area (Å²) >= 11 is 0. The van der Waals surface area contributed by atoms with Crippen LogP contribution in [0.15, 0.2) is 66.0 Å². The highest BCUT2D eigenvalue weighted by Crippen LogP contribution is 2.32. The van der Waals surface area contributed by atoms with Crippen LogP contribution >= 0.6 is 0 Å². The van der Waals surface area contributed by atoms with Gasteiger partial charge in [0.05, 0.1) is 24.0 Å². The normalized spacial score (nSPS) is 11.9. The standard InChI is InChI=1S/C29H35N5O6S/c1-29(2,3)40-28(36)33(4)15-9-10-20-17-34(41(37,38)23-11-7-6-8-12-23)27-25(20)26(30-19-31-27)32-22-13-14-24(39-5)21(16-22)18-35/h6-8,11-14,16-17,19,35H,9-10,15,18H2,1-5H3,(H,30,31,32). The third kappa shape index (κ3) is 6.77. The first-order valence-electron chi connectivity index (χ1n) is 13.1. The van der Waals surface area contributed by atoms with Gasteiger partial charge in [0.15, 0.2) is 5.65 Å². The molecular weight excluding hydrogens is 546 g/mol. The molecule has 2 aromatic carbocycles. The number of carbonyl (C=O) groups is 1. The van der Waals surface area contributed by atoms with Crippen molar-refractivity contribution in [3.05, 3.63) is 72.2 Å². The molecule has 4 aromatic rings. The Kier molecular flexibility index (Phi) is 8.83. The molecule has 41 heavy (non-hydrogen) atoms. The predicted octanol–water partition coefficient (Wildman–Crippen LogP) is 4.71. The molecule has 0 atom stereocenters. The summed E-state index contributed by atoms with van der Waals surface area (Å²) in [5.41, 5.74) is 1.51. The molecule has 0 aliphatic carbocycles. The second kappa shape index (κ2) is 12.1. The van der Waals surface area contributed by atoms with Crippen LogP contribution in [0.4, 0.5) is 16.3 Å². The number of aliphatic hydroxyl groups is 1. The summed E-state index contributed by atoms with van der Waals surface area (Å²) in [5, 5.41) is 13.5. The topological polar surface area (TPSA) is 136 Å². The Morgan fingerprint density at radius 1 is 1.10 bits per heavy atom. The molecule has 2 aromatic heterocycles. The fourth-order valence-corrected chi connectivity index (χ4v) is 5.69. The van der Waals surface area contributed by atoms with Crippen LogP contribution < -0.4 is 10.1 Å². The lowest BCUT2D eigenvalue weighted by Crippen LogP contribution is -2.34. The lowest BCUT2D eigenvalue weighted by atomic mass is 10.1. The van der Waals surface area contributed by atoms with Crippen LogP contribution in [0, 0.1) is 0 Å². The lowest BCUT2D eigenvalue weighted by Gasteiger charge is -2.24. The second-order valence-corrected chi connectivity index (χ2v) is 12.3. The Bertz CT molecular complexity index is 1630. The Morgan fingerprint density at radius 2 is 1.83 bits per heavy atom. The van der Waals surface area contributed by atoms with Gasteiger partial charge in [-0.2, -0.15) is 0 Å². The summed E-state index contributed by atoms with van der Waals surface area (Å²) in [7, 11) is -0.776. The molecule has 0 unspecified atom stereocenters. The molecule has 2 N–H and O–H groups in total. The fourth-order valence-electron chi connectivity index (χ4n) is 4.33. The van der Waals surface area contributed by atoms with Crippen LogP contribution in [0.5, 0.6) is 5.75 Å². The number of amides is 1. The minimum Gasteiger partial charge on any atom is -0.496 e. The van der Waals surface area contributed by atoms with E-state index in [9.17, 15) is 18.3 Å². The first kappa shape index (κ1) is 29.8. The molecule has 0 saturated carbocycles. The number of nitrogens with one attached hydrogen (secondary N) is 1. The van der Waals surface area contributed by atoms with E-state index in [0.29, 0.717) is 53.2 Å². The van der Waals surface area contributed by atoms with E-state index in [0.717, 1.165) is 0 Å². The van der Waals surface area contributed by atoms with Gasteiger partial charge in [0.25, 0.3) is 10.0 Å². The van der Waals surface area contributed by atoms with Crippen molar-refractivity contribution in [2.24, 2.45) is 0 Å². The highest BCUT2D eigenvalue weighted by Gasteiger charge is 2.25. The van der Waals surface area contributed by atoms with Gasteiger partial charge in [-0.05, 0) is 69.5 Å². The number of ether oxygens (including phenoxy) is 2. The molecule has 2 heterocycles. The number of fused-ring (bicyclic) bond motifs is 1. The average molecular weight is 582 g/mol. The van der Waals surface area contributed by atoms with Crippen LogP contribution in [0.1, 0.15) is 38.3 Å². The van der Waals surface area contributed by atoms with Crippen molar-refractivity contribution in [1.29, 1.82) is 0 Å². The van der Waals surface area contributed by atoms with E-state index in [1.807, 2.05) is 20.8 Å². The zero-order valence-electron chi connectivity index (χ0n) is 23.8. The average Bonchev–Trinajstić information content (AvgIpc) is 3.33. The Hall–Kier alpha value is -4.16. The lowest BCUT2D eigenvalue weighted by molar-refractivity contribution is 0.0297. The Balaban J connectivity index is 1.73. The summed E-state index contributed by atoms with van der Waals surface area (Å²) in [6.45, 7) is 5.59. The minimum absolute atomic E-state index is 0.129. The first-order chi connectivity index (χ1) is 19.4. The van der Waals surface area contributed by atoms with Crippen molar-refractivity contribution in [2.75, 3.05) is 26.0 Å². The number of nitrogens with zero attached hydrogens (tertiary/aromatic N) is 4. The molecule has 1 amide bonds. The van der Waals surface area contributed by atoms with E-state index in [-0.39, 0.29) is 17.1 Å². The van der Waals surface area contributed by atoms with Gasteiger partial charge in [-0.1, -0.05) is 18.2 Å². The van der Waals surface area contributed by atoms with Gasteiger partial charge >= 0.3 is 6.09 Å². The van der Waals surface area contributed by atoms with Crippen molar-refractivity contribution >= 4 is 38.7 Å². The van der Waals surface area contributed by atoms with E-state index in [1.54, 1.807) is 49.6 Å². The zero-order valence-corrected chi connectivity index (χ0v) is 24.6. The molecule has 12 heteroatoms. The number of aliphatic hydroxyl groups excluding tert-OH is 1. The number of aromatic nitrogens is 3. The van der Waals surface area contributed by atoms with Gasteiger partial charge in [-0.3, -0.25) is 0 Å². The third-order valence-electron chi connectivity index (χ3n) is 6.29. The van der Waals surface area contributed by atoms with Crippen LogP contribution in [-0.2, 0) is 27.8 Å². The molecule has 0 bridgehead atoms. The fraction of sp³-hybridized carbons (Fsp3) is 0.345. The van der Waals surface area contributed by atoms with Gasteiger partial charge in [-0.25, -0.2) is 27.2 Å². The maximum Gasteiger partial charge on any atom is 0.410 e. The number of aryl methyl sites for hydroxylation is 1. The smallest absolute Gasteiger partial charge is 0.410 e. The van der Waals surface area contributed by atoms with E-state index in [4.69, 9.17) is 9.47 Å². The monoisotopic (exact) mass is 581 g/mol.